The van der Waals surface area contributed by atoms with Crippen molar-refractivity contribution in [2.75, 3.05) is 19.6 Å². The summed E-state index contributed by atoms with van der Waals surface area (Å²) in [5.74, 6) is -0.351. The molecule has 1 N–H and O–H groups in total. The Morgan fingerprint density at radius 1 is 1.14 bits per heavy atom. The van der Waals surface area contributed by atoms with Crippen molar-refractivity contribution < 1.29 is 13.9 Å². The molecule has 7 nitrogen and oxygen atoms in total. The summed E-state index contributed by atoms with van der Waals surface area (Å²) < 4.78 is 12.3. The van der Waals surface area contributed by atoms with Gasteiger partial charge in [0.1, 0.15) is 6.61 Å². The summed E-state index contributed by atoms with van der Waals surface area (Å²) in [4.78, 5) is 26.2. The number of para-hydroxylation sites is 2. The Balaban J connectivity index is 0.00000240. The van der Waals surface area contributed by atoms with Crippen LogP contribution in [0.4, 0.5) is 4.79 Å². The Morgan fingerprint density at radius 3 is 2.72 bits per heavy atom. The van der Waals surface area contributed by atoms with Crippen LogP contribution in [0.2, 0.25) is 0 Å². The number of fused-ring (bicyclic) bond motifs is 1. The summed E-state index contributed by atoms with van der Waals surface area (Å²) in [5.41, 5.74) is 2.35. The Morgan fingerprint density at radius 2 is 1.90 bits per heavy atom. The van der Waals surface area contributed by atoms with E-state index in [4.69, 9.17) is 9.15 Å². The summed E-state index contributed by atoms with van der Waals surface area (Å²) in [6.07, 6.45) is 0.410. The summed E-state index contributed by atoms with van der Waals surface area (Å²) in [7, 11) is 0. The number of ether oxygens (including phenoxy) is 1. The number of carbonyl (C=O) groups excluding carboxylic acids is 1. The smallest absolute Gasteiger partial charge is 0.419 e. The van der Waals surface area contributed by atoms with Crippen molar-refractivity contribution >= 4 is 29.6 Å². The number of aromatic nitrogens is 1. The number of aryl methyl sites for hydroxylation is 1. The van der Waals surface area contributed by atoms with E-state index in [1.54, 1.807) is 15.5 Å². The van der Waals surface area contributed by atoms with Crippen LogP contribution in [-0.4, -0.2) is 41.2 Å². The Hall–Kier alpha value is -2.77. The Labute approximate surface area is 174 Å². The highest BCUT2D eigenvalue weighted by molar-refractivity contribution is 5.85. The third-order valence-corrected chi connectivity index (χ3v) is 4.99. The van der Waals surface area contributed by atoms with Gasteiger partial charge < -0.3 is 19.4 Å². The maximum absolute atomic E-state index is 12.4. The molecular formula is C21H24ClN3O4. The molecule has 0 spiro atoms. The lowest BCUT2D eigenvalue weighted by atomic mass is 10.1. The predicted molar refractivity (Wildman–Crippen MR) is 112 cm³/mol. The average molecular weight is 418 g/mol. The van der Waals surface area contributed by atoms with Gasteiger partial charge in [-0.2, -0.15) is 0 Å². The number of oxazole rings is 1. The summed E-state index contributed by atoms with van der Waals surface area (Å²) in [6, 6.07) is 17.1. The minimum atomic E-state index is -0.351. The fraction of sp³-hybridized carbons (Fsp3) is 0.333. The summed E-state index contributed by atoms with van der Waals surface area (Å²) in [6.45, 7) is 2.66. The molecular weight excluding hydrogens is 394 g/mol. The molecule has 8 heteroatoms. The highest BCUT2D eigenvalue weighted by Crippen LogP contribution is 2.14. The van der Waals surface area contributed by atoms with E-state index < -0.39 is 0 Å². The Kier molecular flexibility index (Phi) is 6.95. The van der Waals surface area contributed by atoms with E-state index in [2.05, 4.69) is 5.32 Å². The molecule has 2 aromatic carbocycles. The highest BCUT2D eigenvalue weighted by atomic mass is 35.5. The fourth-order valence-electron chi connectivity index (χ4n) is 3.51. The minimum absolute atomic E-state index is 0. The van der Waals surface area contributed by atoms with E-state index in [0.29, 0.717) is 38.2 Å². The van der Waals surface area contributed by atoms with Gasteiger partial charge in [-0.1, -0.05) is 42.5 Å². The number of nitrogens with one attached hydrogen (secondary N) is 1. The molecule has 0 bridgehead atoms. The lowest BCUT2D eigenvalue weighted by Crippen LogP contribution is -2.53. The number of piperazine rings is 1. The van der Waals surface area contributed by atoms with Crippen LogP contribution in [0.15, 0.2) is 63.8 Å². The van der Waals surface area contributed by atoms with E-state index >= 15 is 0 Å². The zero-order valence-electron chi connectivity index (χ0n) is 16.0. The van der Waals surface area contributed by atoms with Crippen molar-refractivity contribution in [1.82, 2.24) is 14.8 Å². The SMILES string of the molecule is Cl.O=C(OCc1ccccc1)N1CCN[C@H](CCn2c(=O)oc3ccccc32)C1. The van der Waals surface area contributed by atoms with Gasteiger partial charge in [-0.15, -0.1) is 12.4 Å². The van der Waals surface area contributed by atoms with Gasteiger partial charge in [0.15, 0.2) is 5.58 Å². The van der Waals surface area contributed by atoms with Crippen LogP contribution < -0.4 is 11.1 Å². The number of nitrogens with zero attached hydrogens (tertiary/aromatic N) is 2. The second-order valence-electron chi connectivity index (χ2n) is 6.91. The molecule has 0 aliphatic carbocycles. The first-order chi connectivity index (χ1) is 13.7. The first-order valence-electron chi connectivity index (χ1n) is 9.48. The van der Waals surface area contributed by atoms with E-state index in [0.717, 1.165) is 11.1 Å². The van der Waals surface area contributed by atoms with Crippen molar-refractivity contribution in [1.29, 1.82) is 0 Å². The maximum Gasteiger partial charge on any atom is 0.419 e. The molecule has 29 heavy (non-hydrogen) atoms. The molecule has 1 aromatic heterocycles. The first-order valence-corrected chi connectivity index (χ1v) is 9.48. The summed E-state index contributed by atoms with van der Waals surface area (Å²) >= 11 is 0. The molecule has 1 saturated heterocycles. The van der Waals surface area contributed by atoms with Crippen LogP contribution >= 0.6 is 12.4 Å². The van der Waals surface area contributed by atoms with Gasteiger partial charge in [0.25, 0.3) is 0 Å². The van der Waals surface area contributed by atoms with Crippen molar-refractivity contribution in [2.24, 2.45) is 0 Å². The first kappa shape index (κ1) is 21.0. The van der Waals surface area contributed by atoms with Gasteiger partial charge in [0.2, 0.25) is 0 Å². The molecule has 154 valence electrons. The van der Waals surface area contributed by atoms with Crippen molar-refractivity contribution in [3.63, 3.8) is 0 Å². The van der Waals surface area contributed by atoms with Gasteiger partial charge in [0.05, 0.1) is 5.52 Å². The third kappa shape index (κ3) is 4.99. The van der Waals surface area contributed by atoms with Gasteiger partial charge in [0, 0.05) is 32.2 Å². The van der Waals surface area contributed by atoms with Crippen LogP contribution in [0.1, 0.15) is 12.0 Å². The molecule has 3 aromatic rings. The number of carbonyl (C=O) groups is 1. The van der Waals surface area contributed by atoms with E-state index in [1.807, 2.05) is 48.5 Å². The monoisotopic (exact) mass is 417 g/mol. The topological polar surface area (TPSA) is 76.7 Å². The van der Waals surface area contributed by atoms with Crippen LogP contribution in [0, 0.1) is 0 Å². The molecule has 0 saturated carbocycles. The molecule has 1 aliphatic rings. The summed E-state index contributed by atoms with van der Waals surface area (Å²) in [5, 5.41) is 3.41. The number of amides is 1. The molecule has 4 rings (SSSR count). The number of hydrogen-bond donors (Lipinski definition) is 1. The minimum Gasteiger partial charge on any atom is -0.445 e. The van der Waals surface area contributed by atoms with Crippen molar-refractivity contribution in [3.05, 3.63) is 70.7 Å². The van der Waals surface area contributed by atoms with Crippen LogP contribution in [0.3, 0.4) is 0 Å². The highest BCUT2D eigenvalue weighted by Gasteiger charge is 2.24. The zero-order valence-corrected chi connectivity index (χ0v) is 16.8. The maximum atomic E-state index is 12.4. The molecule has 0 unspecified atom stereocenters. The second kappa shape index (κ2) is 9.62. The molecule has 1 fully saturated rings. The van der Waals surface area contributed by atoms with E-state index in [1.165, 1.54) is 0 Å². The van der Waals surface area contributed by atoms with Crippen LogP contribution in [-0.2, 0) is 17.9 Å². The molecule has 2 heterocycles. The van der Waals surface area contributed by atoms with Gasteiger partial charge in [-0.25, -0.2) is 9.59 Å². The largest absolute Gasteiger partial charge is 0.445 e. The Bertz CT molecular complexity index is 1000. The lowest BCUT2D eigenvalue weighted by molar-refractivity contribution is 0.0838. The van der Waals surface area contributed by atoms with E-state index in [-0.39, 0.29) is 36.9 Å². The molecule has 1 amide bonds. The number of benzene rings is 2. The quantitative estimate of drug-likeness (QED) is 0.690. The van der Waals surface area contributed by atoms with Gasteiger partial charge in [-0.3, -0.25) is 4.57 Å². The lowest BCUT2D eigenvalue weighted by Gasteiger charge is -2.33. The number of halogens is 1. The second-order valence-corrected chi connectivity index (χ2v) is 6.91. The molecule has 0 radical (unpaired) electrons. The van der Waals surface area contributed by atoms with Crippen LogP contribution in [0.25, 0.3) is 11.1 Å². The van der Waals surface area contributed by atoms with Gasteiger partial charge in [-0.05, 0) is 24.1 Å². The fourth-order valence-corrected chi connectivity index (χ4v) is 3.51. The zero-order chi connectivity index (χ0) is 19.3. The number of rotatable bonds is 5. The van der Waals surface area contributed by atoms with Crippen molar-refractivity contribution in [3.8, 4) is 0 Å². The predicted octanol–water partition coefficient (Wildman–Crippen LogP) is 3.02. The molecule has 1 atom stereocenters. The standard InChI is InChI=1S/C21H23N3O4.ClH/c25-20(27-15-16-6-2-1-3-7-16)23-13-11-22-17(14-23)10-12-24-18-8-4-5-9-19(18)28-21(24)26;/h1-9,17,22H,10-15H2;1H/t17-;/m1./s1. The molecule has 1 aliphatic heterocycles. The number of hydrogen-bond acceptors (Lipinski definition) is 5. The van der Waals surface area contributed by atoms with Gasteiger partial charge >= 0.3 is 11.8 Å². The third-order valence-electron chi connectivity index (χ3n) is 4.99. The van der Waals surface area contributed by atoms with Crippen LogP contribution in [0.5, 0.6) is 0 Å². The normalized spacial score (nSPS) is 16.4. The average Bonchev–Trinajstić information content (AvgIpc) is 3.06. The van der Waals surface area contributed by atoms with Crippen molar-refractivity contribution in [2.45, 2.75) is 25.6 Å². The van der Waals surface area contributed by atoms with E-state index in [9.17, 15) is 9.59 Å².